The Hall–Kier alpha value is -0.976. The first-order chi connectivity index (χ1) is 10.1. The third kappa shape index (κ3) is 2.37. The summed E-state index contributed by atoms with van der Waals surface area (Å²) < 4.78 is 0. The van der Waals surface area contributed by atoms with Crippen molar-refractivity contribution in [2.45, 2.75) is 6.92 Å². The lowest BCUT2D eigenvalue weighted by molar-refractivity contribution is 1.59. The van der Waals surface area contributed by atoms with Crippen molar-refractivity contribution in [1.29, 1.82) is 0 Å². The van der Waals surface area contributed by atoms with Crippen LogP contribution in [-0.2, 0) is 0 Å². The summed E-state index contributed by atoms with van der Waals surface area (Å²) in [5, 5.41) is 0. The minimum absolute atomic E-state index is 1.44. The van der Waals surface area contributed by atoms with Gasteiger partial charge in [-0.15, -0.1) is 16.4 Å². The molecule has 0 nitrogen and oxygen atoms in total. The van der Waals surface area contributed by atoms with Crippen LogP contribution in [0.1, 0.15) is 5.56 Å². The van der Waals surface area contributed by atoms with E-state index in [1.54, 1.807) is 0 Å². The predicted molar refractivity (Wildman–Crippen MR) is 130 cm³/mol. The Bertz CT molecular complexity index is 670. The Labute approximate surface area is 143 Å². The van der Waals surface area contributed by atoms with Crippen molar-refractivity contribution in [2.75, 3.05) is 0 Å². The standard InChI is InChI=1S/C13H21B9/c1-2-5(14)7(16)3(8(17)6(2)15)4-9(18)11(20)13(22)12(21)10(4)19/h14-22H2,1H3. The lowest BCUT2D eigenvalue weighted by Crippen LogP contribution is -2.57. The van der Waals surface area contributed by atoms with Crippen molar-refractivity contribution in [2.24, 2.45) is 0 Å². The van der Waals surface area contributed by atoms with Gasteiger partial charge in [0.1, 0.15) is 70.6 Å². The predicted octanol–water partition coefficient (Wildman–Crippen LogP) is -12.0. The van der Waals surface area contributed by atoms with Gasteiger partial charge in [-0.25, -0.2) is 0 Å². The fourth-order valence-corrected chi connectivity index (χ4v) is 3.75. The van der Waals surface area contributed by atoms with Gasteiger partial charge in [0.25, 0.3) is 0 Å². The summed E-state index contributed by atoms with van der Waals surface area (Å²) in [5.74, 6) is 0. The second kappa shape index (κ2) is 5.91. The molecule has 0 spiro atoms. The Kier molecular flexibility index (Phi) is 4.67. The van der Waals surface area contributed by atoms with E-state index < -0.39 is 0 Å². The molecule has 0 aromatic heterocycles. The first kappa shape index (κ1) is 17.4. The highest BCUT2D eigenvalue weighted by Gasteiger charge is 2.18. The SMILES string of the molecule is Bc1c(B)c(B)c(-c2c(B)c(B)c(C)c(B)c2B)c(B)c1B. The smallest absolute Gasteiger partial charge is 0.102 e. The summed E-state index contributed by atoms with van der Waals surface area (Å²) in [5.41, 5.74) is 17.3. The van der Waals surface area contributed by atoms with Gasteiger partial charge in [0.2, 0.25) is 0 Å². The lowest BCUT2D eigenvalue weighted by atomic mass is 9.56. The Morgan fingerprint density at radius 2 is 0.591 bits per heavy atom. The van der Waals surface area contributed by atoms with Crippen LogP contribution in [0, 0.1) is 6.92 Å². The zero-order valence-electron chi connectivity index (χ0n) is 16.0. The molecule has 2 aromatic carbocycles. The maximum atomic E-state index is 2.29. The monoisotopic (exact) mass is 276 g/mol. The molecule has 0 N–H and O–H groups in total. The van der Waals surface area contributed by atoms with E-state index in [4.69, 9.17) is 0 Å². The molecule has 0 saturated heterocycles. The van der Waals surface area contributed by atoms with Crippen LogP contribution in [0.3, 0.4) is 0 Å². The van der Waals surface area contributed by atoms with Crippen molar-refractivity contribution < 1.29 is 0 Å². The zero-order valence-corrected chi connectivity index (χ0v) is 16.0. The van der Waals surface area contributed by atoms with Crippen molar-refractivity contribution in [3.8, 4) is 11.1 Å². The van der Waals surface area contributed by atoms with Gasteiger partial charge in [-0.05, 0) is 18.1 Å². The van der Waals surface area contributed by atoms with Gasteiger partial charge >= 0.3 is 0 Å². The maximum Gasteiger partial charge on any atom is 0.139 e. The second-order valence-electron chi connectivity index (χ2n) is 7.00. The van der Waals surface area contributed by atoms with E-state index in [0.717, 1.165) is 0 Å². The molecular formula is C13H21B9. The molecule has 2 aromatic rings. The minimum Gasteiger partial charge on any atom is -0.102 e. The maximum absolute atomic E-state index is 2.29. The molecule has 0 unspecified atom stereocenters. The lowest BCUT2D eigenvalue weighted by Gasteiger charge is -2.26. The molecule has 0 saturated carbocycles. The van der Waals surface area contributed by atoms with Gasteiger partial charge in [-0.2, -0.15) is 0 Å². The Balaban J connectivity index is 3.03. The average Bonchev–Trinajstić information content (AvgIpc) is 2.50. The largest absolute Gasteiger partial charge is 0.139 e. The second-order valence-corrected chi connectivity index (χ2v) is 7.00. The quantitative estimate of drug-likeness (QED) is 0.453. The minimum atomic E-state index is 1.44. The summed E-state index contributed by atoms with van der Waals surface area (Å²) in [4.78, 5) is 0. The summed E-state index contributed by atoms with van der Waals surface area (Å²) >= 11 is 0. The average molecular weight is 275 g/mol. The van der Waals surface area contributed by atoms with E-state index in [2.05, 4.69) is 77.5 Å². The summed E-state index contributed by atoms with van der Waals surface area (Å²) in [6.07, 6.45) is 0. The van der Waals surface area contributed by atoms with E-state index in [9.17, 15) is 0 Å². The van der Waals surface area contributed by atoms with Crippen LogP contribution in [0.25, 0.3) is 11.1 Å². The molecule has 0 amide bonds. The van der Waals surface area contributed by atoms with Crippen molar-refractivity contribution in [1.82, 2.24) is 0 Å². The van der Waals surface area contributed by atoms with Gasteiger partial charge in [-0.3, -0.25) is 0 Å². The van der Waals surface area contributed by atoms with Crippen LogP contribution in [-0.4, -0.2) is 70.6 Å². The molecule has 9 heteroatoms. The summed E-state index contributed by atoms with van der Waals surface area (Å²) in [7, 11) is 20.4. The molecule has 0 aliphatic heterocycles. The molecule has 0 aliphatic carbocycles. The van der Waals surface area contributed by atoms with Gasteiger partial charge in [0.15, 0.2) is 0 Å². The summed E-state index contributed by atoms with van der Waals surface area (Å²) in [6, 6.07) is 0. The van der Waals surface area contributed by atoms with Crippen molar-refractivity contribution in [3.63, 3.8) is 0 Å². The van der Waals surface area contributed by atoms with Crippen LogP contribution in [0.2, 0.25) is 0 Å². The van der Waals surface area contributed by atoms with Crippen LogP contribution in [0.5, 0.6) is 0 Å². The molecule has 0 atom stereocenters. The number of benzene rings is 2. The highest BCUT2D eigenvalue weighted by Crippen LogP contribution is 2.06. The van der Waals surface area contributed by atoms with E-state index >= 15 is 0 Å². The molecule has 0 aliphatic rings. The highest BCUT2D eigenvalue weighted by molar-refractivity contribution is 6.70. The molecule has 22 heavy (non-hydrogen) atoms. The fourth-order valence-electron chi connectivity index (χ4n) is 3.75. The molecule has 0 heterocycles. The number of hydrogen-bond donors (Lipinski definition) is 0. The molecule has 0 fully saturated rings. The third-order valence-corrected chi connectivity index (χ3v) is 6.25. The molecule has 0 radical (unpaired) electrons. The summed E-state index contributed by atoms with van der Waals surface area (Å²) in [6.45, 7) is 2.25. The van der Waals surface area contributed by atoms with Crippen LogP contribution >= 0.6 is 0 Å². The van der Waals surface area contributed by atoms with Gasteiger partial charge in [0, 0.05) is 0 Å². The van der Waals surface area contributed by atoms with Crippen molar-refractivity contribution in [3.05, 3.63) is 5.56 Å². The van der Waals surface area contributed by atoms with Crippen LogP contribution < -0.4 is 49.2 Å². The molecule has 0 bridgehead atoms. The highest BCUT2D eigenvalue weighted by atomic mass is 14.1. The van der Waals surface area contributed by atoms with Crippen LogP contribution in [0.15, 0.2) is 0 Å². The topological polar surface area (TPSA) is 0 Å². The Morgan fingerprint density at radius 3 is 0.909 bits per heavy atom. The van der Waals surface area contributed by atoms with E-state index in [1.807, 2.05) is 0 Å². The first-order valence-electron chi connectivity index (χ1n) is 8.25. The molecule has 2 rings (SSSR count). The fraction of sp³-hybridized carbons (Fsp3) is 0.0769. The van der Waals surface area contributed by atoms with Gasteiger partial charge in [-0.1, -0.05) is 38.3 Å². The van der Waals surface area contributed by atoms with E-state index in [1.165, 1.54) is 65.9 Å². The van der Waals surface area contributed by atoms with E-state index in [-0.39, 0.29) is 0 Å². The van der Waals surface area contributed by atoms with Crippen LogP contribution in [0.4, 0.5) is 0 Å². The first-order valence-corrected chi connectivity index (χ1v) is 8.25. The zero-order chi connectivity index (χ0) is 16.9. The molecular weight excluding hydrogens is 253 g/mol. The number of rotatable bonds is 1. The Morgan fingerprint density at radius 1 is 0.364 bits per heavy atom. The molecule has 100 valence electrons. The normalized spacial score (nSPS) is 10.8. The number of hydrogen-bond acceptors (Lipinski definition) is 0. The van der Waals surface area contributed by atoms with Gasteiger partial charge < -0.3 is 0 Å². The third-order valence-electron chi connectivity index (χ3n) is 6.25. The van der Waals surface area contributed by atoms with E-state index in [0.29, 0.717) is 0 Å². The van der Waals surface area contributed by atoms with Gasteiger partial charge in [0.05, 0.1) is 0 Å². The van der Waals surface area contributed by atoms with Crippen molar-refractivity contribution >= 4 is 120 Å².